The van der Waals surface area contributed by atoms with Gasteiger partial charge >= 0.3 is 0 Å². The van der Waals surface area contributed by atoms with Gasteiger partial charge in [-0.2, -0.15) is 5.10 Å². The van der Waals surface area contributed by atoms with Crippen molar-refractivity contribution in [2.24, 2.45) is 18.8 Å². The van der Waals surface area contributed by atoms with E-state index in [1.165, 1.54) is 5.69 Å². The third-order valence-electron chi connectivity index (χ3n) is 3.26. The Bertz CT molecular complexity index is 337. The van der Waals surface area contributed by atoms with Gasteiger partial charge in [0.15, 0.2) is 0 Å². The first-order valence-electron chi connectivity index (χ1n) is 6.64. The molecule has 0 spiro atoms. The van der Waals surface area contributed by atoms with Crippen LogP contribution in [0, 0.1) is 5.92 Å². The van der Waals surface area contributed by atoms with E-state index in [9.17, 15) is 0 Å². The lowest BCUT2D eigenvalue weighted by Gasteiger charge is -2.29. The fourth-order valence-electron chi connectivity index (χ4n) is 2.26. The van der Waals surface area contributed by atoms with Gasteiger partial charge < -0.3 is 4.74 Å². The van der Waals surface area contributed by atoms with E-state index in [1.54, 1.807) is 0 Å². The Morgan fingerprint density at radius 2 is 2.22 bits per heavy atom. The van der Waals surface area contributed by atoms with Crippen LogP contribution in [0.2, 0.25) is 0 Å². The number of ether oxygens (including phenoxy) is 1. The van der Waals surface area contributed by atoms with E-state index in [0.717, 1.165) is 12.8 Å². The molecular formula is C13H26N4O. The number of hydrogen-bond acceptors (Lipinski definition) is 4. The molecule has 0 radical (unpaired) electrons. The van der Waals surface area contributed by atoms with Gasteiger partial charge in [0.2, 0.25) is 0 Å². The summed E-state index contributed by atoms with van der Waals surface area (Å²) in [6.07, 6.45) is 3.86. The molecule has 0 saturated heterocycles. The Labute approximate surface area is 110 Å². The lowest BCUT2D eigenvalue weighted by atomic mass is 9.95. The number of hydrazine groups is 1. The minimum atomic E-state index is 0.147. The van der Waals surface area contributed by atoms with Crippen LogP contribution in [0.1, 0.15) is 32.9 Å². The molecule has 0 aliphatic rings. The highest BCUT2D eigenvalue weighted by Crippen LogP contribution is 2.15. The average Bonchev–Trinajstić information content (AvgIpc) is 2.74. The summed E-state index contributed by atoms with van der Waals surface area (Å²) in [6.45, 7) is 7.06. The third-order valence-corrected chi connectivity index (χ3v) is 3.26. The zero-order valence-corrected chi connectivity index (χ0v) is 11.9. The standard InChI is InChI=1S/C13H26N4O/c1-5-18-13(10(2)3)12(16-14)7-6-11-8-9-15-17(11)4/h8-10,12-13,16H,5-7,14H2,1-4H3. The molecule has 5 heteroatoms. The van der Waals surface area contributed by atoms with E-state index >= 15 is 0 Å². The van der Waals surface area contributed by atoms with Crippen LogP contribution >= 0.6 is 0 Å². The molecule has 0 aliphatic carbocycles. The molecule has 18 heavy (non-hydrogen) atoms. The minimum absolute atomic E-state index is 0.147. The zero-order valence-electron chi connectivity index (χ0n) is 11.9. The number of nitrogens with one attached hydrogen (secondary N) is 1. The molecule has 0 aliphatic heterocycles. The quantitative estimate of drug-likeness (QED) is 0.541. The maximum absolute atomic E-state index is 5.79. The van der Waals surface area contributed by atoms with Gasteiger partial charge in [0.1, 0.15) is 0 Å². The number of aryl methyl sites for hydroxylation is 2. The SMILES string of the molecule is CCOC(C(C)C)C(CCc1ccnn1C)NN. The van der Waals surface area contributed by atoms with Crippen molar-refractivity contribution in [3.8, 4) is 0 Å². The summed E-state index contributed by atoms with van der Waals surface area (Å²) < 4.78 is 7.69. The van der Waals surface area contributed by atoms with Crippen molar-refractivity contribution in [1.82, 2.24) is 15.2 Å². The van der Waals surface area contributed by atoms with Crippen LogP contribution in [-0.4, -0.2) is 28.5 Å². The largest absolute Gasteiger partial charge is 0.377 e. The highest BCUT2D eigenvalue weighted by molar-refractivity contribution is 5.00. The van der Waals surface area contributed by atoms with Crippen LogP contribution in [0.4, 0.5) is 0 Å². The molecule has 5 nitrogen and oxygen atoms in total. The van der Waals surface area contributed by atoms with Crippen LogP contribution in [0.25, 0.3) is 0 Å². The second-order valence-electron chi connectivity index (χ2n) is 4.92. The first kappa shape index (κ1) is 15.1. The van der Waals surface area contributed by atoms with E-state index in [0.29, 0.717) is 12.5 Å². The molecule has 1 heterocycles. The van der Waals surface area contributed by atoms with Crippen molar-refractivity contribution >= 4 is 0 Å². The molecule has 104 valence electrons. The van der Waals surface area contributed by atoms with E-state index < -0.39 is 0 Å². The van der Waals surface area contributed by atoms with Gasteiger partial charge in [-0.25, -0.2) is 0 Å². The second kappa shape index (κ2) is 7.51. The summed E-state index contributed by atoms with van der Waals surface area (Å²) in [5.41, 5.74) is 4.11. The summed E-state index contributed by atoms with van der Waals surface area (Å²) in [5, 5.41) is 4.17. The van der Waals surface area contributed by atoms with E-state index in [4.69, 9.17) is 10.6 Å². The van der Waals surface area contributed by atoms with Gasteiger partial charge in [-0.05, 0) is 31.7 Å². The first-order valence-corrected chi connectivity index (χ1v) is 6.64. The van der Waals surface area contributed by atoms with Gasteiger partial charge in [0.05, 0.1) is 6.10 Å². The van der Waals surface area contributed by atoms with Crippen LogP contribution in [-0.2, 0) is 18.2 Å². The fraction of sp³-hybridized carbons (Fsp3) is 0.769. The third kappa shape index (κ3) is 4.08. The van der Waals surface area contributed by atoms with Crippen molar-refractivity contribution in [3.05, 3.63) is 18.0 Å². The van der Waals surface area contributed by atoms with Crippen molar-refractivity contribution < 1.29 is 4.74 Å². The molecule has 2 atom stereocenters. The molecular weight excluding hydrogens is 228 g/mol. The molecule has 1 aromatic rings. The Morgan fingerprint density at radius 3 is 2.67 bits per heavy atom. The van der Waals surface area contributed by atoms with Crippen molar-refractivity contribution in [3.63, 3.8) is 0 Å². The van der Waals surface area contributed by atoms with Crippen molar-refractivity contribution in [2.75, 3.05) is 6.61 Å². The fourth-order valence-corrected chi connectivity index (χ4v) is 2.26. The normalized spacial score (nSPS) is 15.0. The summed E-state index contributed by atoms with van der Waals surface area (Å²) >= 11 is 0. The molecule has 0 saturated carbocycles. The van der Waals surface area contributed by atoms with Gasteiger partial charge in [-0.15, -0.1) is 0 Å². The van der Waals surface area contributed by atoms with Gasteiger partial charge in [-0.1, -0.05) is 13.8 Å². The van der Waals surface area contributed by atoms with Crippen LogP contribution in [0.5, 0.6) is 0 Å². The van der Waals surface area contributed by atoms with E-state index in [2.05, 4.69) is 24.4 Å². The van der Waals surface area contributed by atoms with Gasteiger partial charge in [0, 0.05) is 31.6 Å². The Hall–Kier alpha value is -0.910. The van der Waals surface area contributed by atoms with Crippen molar-refractivity contribution in [1.29, 1.82) is 0 Å². The van der Waals surface area contributed by atoms with Gasteiger partial charge in [0.25, 0.3) is 0 Å². The van der Waals surface area contributed by atoms with Gasteiger partial charge in [-0.3, -0.25) is 16.0 Å². The Morgan fingerprint density at radius 1 is 1.50 bits per heavy atom. The maximum Gasteiger partial charge on any atom is 0.0764 e. The molecule has 1 rings (SSSR count). The smallest absolute Gasteiger partial charge is 0.0764 e. The number of hydrogen-bond donors (Lipinski definition) is 2. The number of aromatic nitrogens is 2. The number of rotatable bonds is 8. The maximum atomic E-state index is 5.79. The second-order valence-corrected chi connectivity index (χ2v) is 4.92. The molecule has 0 aromatic carbocycles. The van der Waals surface area contributed by atoms with Crippen molar-refractivity contribution in [2.45, 2.75) is 45.8 Å². The average molecular weight is 254 g/mol. The van der Waals surface area contributed by atoms with Crippen LogP contribution in [0.3, 0.4) is 0 Å². The highest BCUT2D eigenvalue weighted by atomic mass is 16.5. The topological polar surface area (TPSA) is 65.1 Å². The molecule has 2 unspecified atom stereocenters. The summed E-state index contributed by atoms with van der Waals surface area (Å²) in [4.78, 5) is 0. The summed E-state index contributed by atoms with van der Waals surface area (Å²) in [7, 11) is 1.96. The Balaban J connectivity index is 2.57. The predicted octanol–water partition coefficient (Wildman–Crippen LogP) is 1.25. The Kier molecular flexibility index (Phi) is 6.32. The van der Waals surface area contributed by atoms with Crippen LogP contribution < -0.4 is 11.3 Å². The highest BCUT2D eigenvalue weighted by Gasteiger charge is 2.24. The monoisotopic (exact) mass is 254 g/mol. The number of nitrogens with zero attached hydrogens (tertiary/aromatic N) is 2. The summed E-state index contributed by atoms with van der Waals surface area (Å²) in [6, 6.07) is 2.21. The predicted molar refractivity (Wildman–Crippen MR) is 72.9 cm³/mol. The lowest BCUT2D eigenvalue weighted by Crippen LogP contribution is -2.47. The van der Waals surface area contributed by atoms with E-state index in [1.807, 2.05) is 30.9 Å². The molecule has 3 N–H and O–H groups in total. The van der Waals surface area contributed by atoms with E-state index in [-0.39, 0.29) is 12.1 Å². The number of nitrogens with two attached hydrogens (primary N) is 1. The molecule has 1 aromatic heterocycles. The molecule has 0 amide bonds. The molecule has 0 bridgehead atoms. The zero-order chi connectivity index (χ0) is 13.5. The van der Waals surface area contributed by atoms with Crippen LogP contribution in [0.15, 0.2) is 12.3 Å². The first-order chi connectivity index (χ1) is 8.60. The summed E-state index contributed by atoms with van der Waals surface area (Å²) in [5.74, 6) is 6.11. The minimum Gasteiger partial charge on any atom is -0.377 e. The molecule has 0 fully saturated rings. The lowest BCUT2D eigenvalue weighted by molar-refractivity contribution is 0.00143.